The van der Waals surface area contributed by atoms with E-state index in [9.17, 15) is 9.59 Å². The molecule has 5 aromatic carbocycles. The average Bonchev–Trinajstić information content (AvgIpc) is 2.96. The molecule has 0 aliphatic rings. The summed E-state index contributed by atoms with van der Waals surface area (Å²) in [6.07, 6.45) is 1.71. The normalized spacial score (nSPS) is 10.5. The Kier molecular flexibility index (Phi) is 6.91. The Morgan fingerprint density at radius 1 is 0.405 bits per heavy atom. The third kappa shape index (κ3) is 5.19. The van der Waals surface area contributed by atoms with Gasteiger partial charge in [-0.15, -0.1) is 0 Å². The molecule has 0 atom stereocenters. The first-order valence-electron chi connectivity index (χ1n) is 12.1. The fraction of sp³-hybridized carbons (Fsp3) is 0.0303. The van der Waals surface area contributed by atoms with Gasteiger partial charge in [-0.2, -0.15) is 0 Å². The lowest BCUT2D eigenvalue weighted by molar-refractivity contribution is 0.111. The Labute approximate surface area is 217 Å². The summed E-state index contributed by atoms with van der Waals surface area (Å²) >= 11 is 0. The molecule has 0 radical (unpaired) electrons. The van der Waals surface area contributed by atoms with E-state index < -0.39 is 0 Å². The molecule has 0 aromatic heterocycles. The van der Waals surface area contributed by atoms with Crippen LogP contribution in [-0.2, 0) is 0 Å². The Balaban J connectivity index is 1.57. The van der Waals surface area contributed by atoms with Crippen molar-refractivity contribution < 1.29 is 9.59 Å². The highest BCUT2D eigenvalue weighted by atomic mass is 16.1. The van der Waals surface area contributed by atoms with Crippen molar-refractivity contribution in [1.82, 2.24) is 0 Å². The zero-order valence-electron chi connectivity index (χ0n) is 20.5. The van der Waals surface area contributed by atoms with Gasteiger partial charge < -0.3 is 9.80 Å². The molecule has 0 bridgehead atoms. The summed E-state index contributed by atoms with van der Waals surface area (Å²) in [5, 5.41) is 0. The minimum absolute atomic E-state index is 0.640. The van der Waals surface area contributed by atoms with E-state index in [4.69, 9.17) is 0 Å². The van der Waals surface area contributed by atoms with Crippen LogP contribution in [0, 0.1) is 6.92 Å². The van der Waals surface area contributed by atoms with Crippen molar-refractivity contribution >= 4 is 46.7 Å². The molecule has 5 aromatic rings. The van der Waals surface area contributed by atoms with Gasteiger partial charge in [-0.05, 0) is 104 Å². The first-order chi connectivity index (χ1) is 18.2. The monoisotopic (exact) mass is 482 g/mol. The first-order valence-corrected chi connectivity index (χ1v) is 12.1. The summed E-state index contributed by atoms with van der Waals surface area (Å²) in [6.45, 7) is 2.07. The van der Waals surface area contributed by atoms with Crippen molar-refractivity contribution in [3.05, 3.63) is 144 Å². The molecule has 0 unspecified atom stereocenters. The van der Waals surface area contributed by atoms with Crippen molar-refractivity contribution in [1.29, 1.82) is 0 Å². The number of aldehydes is 2. The van der Waals surface area contributed by atoms with Crippen LogP contribution in [0.2, 0.25) is 0 Å². The molecule has 37 heavy (non-hydrogen) atoms. The minimum atomic E-state index is 0.640. The Morgan fingerprint density at radius 3 is 1.05 bits per heavy atom. The van der Waals surface area contributed by atoms with Gasteiger partial charge in [0, 0.05) is 45.3 Å². The van der Waals surface area contributed by atoms with E-state index in [2.05, 4.69) is 77.4 Å². The molecular formula is C33H26N2O2. The molecule has 4 nitrogen and oxygen atoms in total. The number of benzene rings is 5. The van der Waals surface area contributed by atoms with Crippen LogP contribution in [-0.4, -0.2) is 12.6 Å². The molecule has 0 saturated heterocycles. The highest BCUT2D eigenvalue weighted by molar-refractivity contribution is 5.83. The van der Waals surface area contributed by atoms with Gasteiger partial charge in [0.25, 0.3) is 0 Å². The van der Waals surface area contributed by atoms with Crippen molar-refractivity contribution in [3.8, 4) is 0 Å². The number of nitrogens with zero attached hydrogens (tertiary/aromatic N) is 2. The van der Waals surface area contributed by atoms with Gasteiger partial charge in [-0.1, -0.05) is 35.9 Å². The lowest BCUT2D eigenvalue weighted by atomic mass is 10.1. The maximum absolute atomic E-state index is 11.2. The Bertz CT molecular complexity index is 1480. The molecule has 0 N–H and O–H groups in total. The lowest BCUT2D eigenvalue weighted by Crippen LogP contribution is -2.12. The molecule has 180 valence electrons. The van der Waals surface area contributed by atoms with Gasteiger partial charge in [-0.3, -0.25) is 9.59 Å². The predicted octanol–water partition coefficient (Wildman–Crippen LogP) is 8.56. The number of rotatable bonds is 8. The fourth-order valence-corrected chi connectivity index (χ4v) is 4.32. The zero-order chi connectivity index (χ0) is 25.6. The van der Waals surface area contributed by atoms with E-state index in [1.54, 1.807) is 0 Å². The average molecular weight is 483 g/mol. The van der Waals surface area contributed by atoms with Crippen molar-refractivity contribution in [3.63, 3.8) is 0 Å². The highest BCUT2D eigenvalue weighted by Crippen LogP contribution is 2.39. The molecule has 0 amide bonds. The SMILES string of the molecule is Cc1ccc(N(c2ccc(C=O)cc2)c2ccc(N(c3ccccc3)c3ccc(C=O)cc3)cc2)cc1. The van der Waals surface area contributed by atoms with E-state index in [0.717, 1.165) is 46.7 Å². The maximum atomic E-state index is 11.2. The molecule has 0 spiro atoms. The second-order valence-corrected chi connectivity index (χ2v) is 8.78. The highest BCUT2D eigenvalue weighted by Gasteiger charge is 2.16. The van der Waals surface area contributed by atoms with Gasteiger partial charge in [0.1, 0.15) is 12.6 Å². The molecular weight excluding hydrogens is 456 g/mol. The summed E-state index contributed by atoms with van der Waals surface area (Å²) in [4.78, 5) is 26.7. The van der Waals surface area contributed by atoms with E-state index in [1.165, 1.54) is 5.56 Å². The molecule has 0 saturated carbocycles. The number of aryl methyl sites for hydroxylation is 1. The van der Waals surface area contributed by atoms with Crippen LogP contribution in [0.5, 0.6) is 0 Å². The van der Waals surface area contributed by atoms with E-state index in [-0.39, 0.29) is 0 Å². The quantitative estimate of drug-likeness (QED) is 0.208. The lowest BCUT2D eigenvalue weighted by Gasteiger charge is -2.28. The topological polar surface area (TPSA) is 40.6 Å². The van der Waals surface area contributed by atoms with Crippen molar-refractivity contribution in [2.45, 2.75) is 6.92 Å². The largest absolute Gasteiger partial charge is 0.311 e. The van der Waals surface area contributed by atoms with Crippen LogP contribution in [0.15, 0.2) is 127 Å². The van der Waals surface area contributed by atoms with Crippen LogP contribution in [0.25, 0.3) is 0 Å². The molecule has 0 fully saturated rings. The second-order valence-electron chi connectivity index (χ2n) is 8.78. The number of para-hydroxylation sites is 1. The number of hydrogen-bond donors (Lipinski definition) is 0. The van der Waals surface area contributed by atoms with Crippen LogP contribution in [0.1, 0.15) is 26.3 Å². The van der Waals surface area contributed by atoms with Gasteiger partial charge in [0.05, 0.1) is 0 Å². The number of carbonyl (C=O) groups excluding carboxylic acids is 2. The molecule has 0 aliphatic carbocycles. The maximum Gasteiger partial charge on any atom is 0.150 e. The van der Waals surface area contributed by atoms with Crippen LogP contribution in [0.3, 0.4) is 0 Å². The number of hydrogen-bond acceptors (Lipinski definition) is 4. The number of anilines is 6. The first kappa shape index (κ1) is 23.8. The van der Waals surface area contributed by atoms with Gasteiger partial charge in [0.2, 0.25) is 0 Å². The zero-order valence-corrected chi connectivity index (χ0v) is 20.5. The van der Waals surface area contributed by atoms with E-state index in [0.29, 0.717) is 11.1 Å². The standard InChI is InChI=1S/C33H26N2O2/c1-25-7-13-29(14-8-25)35(31-17-11-27(24-37)12-18-31)33-21-19-32(20-22-33)34(28-5-3-2-4-6-28)30-15-9-26(23-36)10-16-30/h2-24H,1H3. The van der Waals surface area contributed by atoms with Crippen LogP contribution in [0.4, 0.5) is 34.1 Å². The molecule has 4 heteroatoms. The third-order valence-corrected chi connectivity index (χ3v) is 6.25. The van der Waals surface area contributed by atoms with E-state index >= 15 is 0 Å². The summed E-state index contributed by atoms with van der Waals surface area (Å²) in [5.74, 6) is 0. The van der Waals surface area contributed by atoms with Crippen LogP contribution < -0.4 is 9.80 Å². The number of carbonyl (C=O) groups is 2. The third-order valence-electron chi connectivity index (χ3n) is 6.25. The molecule has 0 aliphatic heterocycles. The Morgan fingerprint density at radius 2 is 0.703 bits per heavy atom. The van der Waals surface area contributed by atoms with Gasteiger partial charge >= 0.3 is 0 Å². The summed E-state index contributed by atoms with van der Waals surface area (Å²) in [7, 11) is 0. The fourth-order valence-electron chi connectivity index (χ4n) is 4.32. The second kappa shape index (κ2) is 10.8. The smallest absolute Gasteiger partial charge is 0.150 e. The van der Waals surface area contributed by atoms with Crippen molar-refractivity contribution in [2.75, 3.05) is 9.80 Å². The minimum Gasteiger partial charge on any atom is -0.311 e. The van der Waals surface area contributed by atoms with E-state index in [1.807, 2.05) is 66.7 Å². The summed E-state index contributed by atoms with van der Waals surface area (Å²) < 4.78 is 0. The van der Waals surface area contributed by atoms with Gasteiger partial charge in [-0.25, -0.2) is 0 Å². The van der Waals surface area contributed by atoms with Gasteiger partial charge in [0.15, 0.2) is 0 Å². The summed E-state index contributed by atoms with van der Waals surface area (Å²) in [5.41, 5.74) is 8.44. The molecule has 0 heterocycles. The van der Waals surface area contributed by atoms with Crippen LogP contribution >= 0.6 is 0 Å². The predicted molar refractivity (Wildman–Crippen MR) is 151 cm³/mol. The van der Waals surface area contributed by atoms with Crippen molar-refractivity contribution in [2.24, 2.45) is 0 Å². The summed E-state index contributed by atoms with van der Waals surface area (Å²) in [6, 6.07) is 42.1. The Hall–Kier alpha value is -4.96. The molecule has 5 rings (SSSR count).